The van der Waals surface area contributed by atoms with Crippen molar-refractivity contribution in [2.24, 2.45) is 0 Å². The smallest absolute Gasteiger partial charge is 0.137 e. The highest BCUT2D eigenvalue weighted by atomic mass is 15.1. The van der Waals surface area contributed by atoms with Crippen LogP contribution in [0.25, 0.3) is 10.9 Å². The molecule has 80 valence electrons. The van der Waals surface area contributed by atoms with Crippen molar-refractivity contribution >= 4 is 16.7 Å². The van der Waals surface area contributed by atoms with E-state index in [0.29, 0.717) is 6.04 Å². The Morgan fingerprint density at radius 1 is 1.53 bits per heavy atom. The largest absolute Gasteiger partial charge is 0.367 e. The number of H-pyrrole nitrogens is 1. The quantitative estimate of drug-likeness (QED) is 0.807. The van der Waals surface area contributed by atoms with Crippen molar-refractivity contribution in [3.05, 3.63) is 18.0 Å². The molecule has 4 nitrogen and oxygen atoms in total. The number of fused-ring (bicyclic) bond motifs is 1. The van der Waals surface area contributed by atoms with Crippen LogP contribution in [0.1, 0.15) is 26.0 Å². The van der Waals surface area contributed by atoms with Gasteiger partial charge in [0.15, 0.2) is 0 Å². The van der Waals surface area contributed by atoms with Crippen LogP contribution in [0.5, 0.6) is 0 Å². The van der Waals surface area contributed by atoms with E-state index in [0.717, 1.165) is 28.8 Å². The van der Waals surface area contributed by atoms with Gasteiger partial charge in [-0.2, -0.15) is 5.10 Å². The molecule has 2 N–H and O–H groups in total. The summed E-state index contributed by atoms with van der Waals surface area (Å²) in [5.41, 5.74) is 2.03. The first-order valence-corrected chi connectivity index (χ1v) is 5.28. The highest BCUT2D eigenvalue weighted by Gasteiger charge is 2.09. The lowest BCUT2D eigenvalue weighted by molar-refractivity contribution is 0.760. The topological polar surface area (TPSA) is 53.6 Å². The first-order valence-electron chi connectivity index (χ1n) is 5.28. The fraction of sp³-hybridized carbons (Fsp3) is 0.455. The molecule has 0 saturated heterocycles. The number of hydrogen-bond donors (Lipinski definition) is 2. The normalized spacial score (nSPS) is 13.0. The molecule has 2 aromatic heterocycles. The summed E-state index contributed by atoms with van der Waals surface area (Å²) < 4.78 is 0. The molecule has 2 heterocycles. The number of aromatic amines is 1. The van der Waals surface area contributed by atoms with E-state index in [9.17, 15) is 0 Å². The van der Waals surface area contributed by atoms with E-state index < -0.39 is 0 Å². The summed E-state index contributed by atoms with van der Waals surface area (Å²) in [6.07, 6.45) is 2.87. The van der Waals surface area contributed by atoms with Crippen LogP contribution >= 0.6 is 0 Å². The third kappa shape index (κ3) is 1.79. The third-order valence-corrected chi connectivity index (χ3v) is 2.65. The maximum absolute atomic E-state index is 4.36. The van der Waals surface area contributed by atoms with Gasteiger partial charge in [-0.3, -0.25) is 5.10 Å². The van der Waals surface area contributed by atoms with Gasteiger partial charge in [0.1, 0.15) is 5.82 Å². The minimum Gasteiger partial charge on any atom is -0.367 e. The van der Waals surface area contributed by atoms with E-state index in [4.69, 9.17) is 0 Å². The van der Waals surface area contributed by atoms with Crippen LogP contribution in [-0.4, -0.2) is 21.2 Å². The number of aromatic nitrogens is 3. The Labute approximate surface area is 89.1 Å². The summed E-state index contributed by atoms with van der Waals surface area (Å²) in [7, 11) is 0. The Bertz CT molecular complexity index is 461. The van der Waals surface area contributed by atoms with Crippen LogP contribution in [0.3, 0.4) is 0 Å². The summed E-state index contributed by atoms with van der Waals surface area (Å²) >= 11 is 0. The molecule has 2 aromatic rings. The average molecular weight is 204 g/mol. The zero-order valence-electron chi connectivity index (χ0n) is 9.33. The fourth-order valence-corrected chi connectivity index (χ4v) is 1.57. The molecule has 2 rings (SSSR count). The van der Waals surface area contributed by atoms with Crippen molar-refractivity contribution in [2.75, 3.05) is 5.32 Å². The highest BCUT2D eigenvalue weighted by Crippen LogP contribution is 2.22. The molecule has 0 amide bonds. The summed E-state index contributed by atoms with van der Waals surface area (Å²) in [5, 5.41) is 11.7. The maximum Gasteiger partial charge on any atom is 0.137 e. The molecule has 0 radical (unpaired) electrons. The number of aryl methyl sites for hydroxylation is 1. The Balaban J connectivity index is 2.45. The van der Waals surface area contributed by atoms with Crippen LogP contribution in [0.4, 0.5) is 5.82 Å². The Morgan fingerprint density at radius 2 is 2.33 bits per heavy atom. The van der Waals surface area contributed by atoms with E-state index in [1.807, 2.05) is 13.0 Å². The van der Waals surface area contributed by atoms with Gasteiger partial charge in [-0.25, -0.2) is 4.98 Å². The van der Waals surface area contributed by atoms with E-state index in [1.165, 1.54) is 0 Å². The second-order valence-electron chi connectivity index (χ2n) is 3.84. The Hall–Kier alpha value is -1.58. The Kier molecular flexibility index (Phi) is 2.58. The molecule has 0 spiro atoms. The molecule has 0 fully saturated rings. The number of nitrogens with one attached hydrogen (secondary N) is 2. The molecule has 0 aliphatic carbocycles. The van der Waals surface area contributed by atoms with E-state index in [2.05, 4.69) is 34.3 Å². The molecule has 0 aromatic carbocycles. The number of nitrogens with zero attached hydrogens (tertiary/aromatic N) is 2. The molecule has 1 atom stereocenters. The lowest BCUT2D eigenvalue weighted by Crippen LogP contribution is -2.14. The summed E-state index contributed by atoms with van der Waals surface area (Å²) in [5.74, 6) is 0.924. The van der Waals surface area contributed by atoms with E-state index in [1.54, 1.807) is 6.20 Å². The minimum absolute atomic E-state index is 0.428. The van der Waals surface area contributed by atoms with Crippen molar-refractivity contribution in [1.29, 1.82) is 0 Å². The molecule has 0 aliphatic heterocycles. The summed E-state index contributed by atoms with van der Waals surface area (Å²) in [6.45, 7) is 6.29. The molecule has 0 saturated carbocycles. The highest BCUT2D eigenvalue weighted by molar-refractivity contribution is 5.91. The van der Waals surface area contributed by atoms with Crippen LogP contribution in [0.2, 0.25) is 0 Å². The zero-order chi connectivity index (χ0) is 10.8. The molecule has 1 unspecified atom stereocenters. The van der Waals surface area contributed by atoms with E-state index in [-0.39, 0.29) is 0 Å². The Morgan fingerprint density at radius 3 is 3.07 bits per heavy atom. The van der Waals surface area contributed by atoms with Gasteiger partial charge < -0.3 is 5.32 Å². The summed E-state index contributed by atoms with van der Waals surface area (Å²) in [4.78, 5) is 4.36. The van der Waals surface area contributed by atoms with E-state index >= 15 is 0 Å². The van der Waals surface area contributed by atoms with Gasteiger partial charge in [0.2, 0.25) is 0 Å². The van der Waals surface area contributed by atoms with Crippen molar-refractivity contribution < 1.29 is 0 Å². The minimum atomic E-state index is 0.428. The molecule has 0 bridgehead atoms. The van der Waals surface area contributed by atoms with Crippen LogP contribution < -0.4 is 5.32 Å². The monoisotopic (exact) mass is 204 g/mol. The van der Waals surface area contributed by atoms with Crippen molar-refractivity contribution in [2.45, 2.75) is 33.2 Å². The molecule has 15 heavy (non-hydrogen) atoms. The van der Waals surface area contributed by atoms with Crippen LogP contribution in [-0.2, 0) is 0 Å². The summed E-state index contributed by atoms with van der Waals surface area (Å²) in [6, 6.07) is 2.37. The zero-order valence-corrected chi connectivity index (χ0v) is 9.33. The standard InChI is InChI=1S/C11H16N4/c1-4-7(2)13-11-10-8(3)14-15-9(10)5-6-12-11/h5-7H,4H2,1-3H3,(H,12,13)(H,14,15). The van der Waals surface area contributed by atoms with Gasteiger partial charge in [0.05, 0.1) is 16.6 Å². The SMILES string of the molecule is CCC(C)Nc1nccc2[nH]nc(C)c12. The number of anilines is 1. The van der Waals surface area contributed by atoms with Gasteiger partial charge in [0.25, 0.3) is 0 Å². The fourth-order valence-electron chi connectivity index (χ4n) is 1.57. The third-order valence-electron chi connectivity index (χ3n) is 2.65. The molecule has 4 heteroatoms. The van der Waals surface area contributed by atoms with Gasteiger partial charge in [-0.1, -0.05) is 6.92 Å². The first kappa shape index (κ1) is 9.96. The van der Waals surface area contributed by atoms with Crippen molar-refractivity contribution in [3.63, 3.8) is 0 Å². The molecule has 0 aliphatic rings. The van der Waals surface area contributed by atoms with Gasteiger partial charge >= 0.3 is 0 Å². The average Bonchev–Trinajstić information content (AvgIpc) is 2.61. The van der Waals surface area contributed by atoms with Crippen molar-refractivity contribution in [3.8, 4) is 0 Å². The second kappa shape index (κ2) is 3.88. The van der Waals surface area contributed by atoms with Crippen molar-refractivity contribution in [1.82, 2.24) is 15.2 Å². The maximum atomic E-state index is 4.36. The second-order valence-corrected chi connectivity index (χ2v) is 3.84. The lowest BCUT2D eigenvalue weighted by Gasteiger charge is -2.12. The predicted octanol–water partition coefficient (Wildman–Crippen LogP) is 2.48. The van der Waals surface area contributed by atoms with Gasteiger partial charge in [-0.15, -0.1) is 0 Å². The number of rotatable bonds is 3. The number of hydrogen-bond acceptors (Lipinski definition) is 3. The first-order chi connectivity index (χ1) is 7.22. The molecular weight excluding hydrogens is 188 g/mol. The number of pyridine rings is 1. The predicted molar refractivity (Wildman–Crippen MR) is 62.0 cm³/mol. The lowest BCUT2D eigenvalue weighted by atomic mass is 10.2. The van der Waals surface area contributed by atoms with Crippen LogP contribution in [0.15, 0.2) is 12.3 Å². The van der Waals surface area contributed by atoms with Gasteiger partial charge in [-0.05, 0) is 26.3 Å². The molecular formula is C11H16N4. The van der Waals surface area contributed by atoms with Crippen LogP contribution in [0, 0.1) is 6.92 Å². The van der Waals surface area contributed by atoms with Gasteiger partial charge in [0, 0.05) is 12.2 Å².